The minimum Gasteiger partial charge on any atom is -0.438 e. The smallest absolute Gasteiger partial charge is 0.438 e. The molecule has 3 nitrogen and oxygen atoms in total. The van der Waals surface area contributed by atoms with Crippen LogP contribution in [0.25, 0.3) is 0 Å². The lowest BCUT2D eigenvalue weighted by atomic mass is 10.0. The molecule has 3 heteroatoms. The van der Waals surface area contributed by atoms with Crippen LogP contribution in [-0.2, 0) is 9.47 Å². The molecule has 0 heterocycles. The number of unbranched alkanes of at least 4 members (excludes halogenated alkanes) is 15. The third-order valence-electron chi connectivity index (χ3n) is 4.38. The highest BCUT2D eigenvalue weighted by molar-refractivity contribution is 5.59. The lowest BCUT2D eigenvalue weighted by molar-refractivity contribution is 0.0713. The molecule has 0 bridgehead atoms. The molecule has 0 radical (unpaired) electrons. The average molecular weight is 329 g/mol. The molecule has 0 fully saturated rings. The minimum atomic E-state index is -0.564. The van der Waals surface area contributed by atoms with Crippen molar-refractivity contribution in [2.75, 3.05) is 13.7 Å². The molecular weight excluding hydrogens is 288 g/mol. The predicted molar refractivity (Wildman–Crippen MR) is 97.9 cm³/mol. The van der Waals surface area contributed by atoms with Crippen LogP contribution in [-0.4, -0.2) is 19.9 Å². The first kappa shape index (κ1) is 22.3. The second-order valence-electron chi connectivity index (χ2n) is 6.61. The van der Waals surface area contributed by atoms with Crippen molar-refractivity contribution in [2.45, 2.75) is 110 Å². The quantitative estimate of drug-likeness (QED) is 0.212. The summed E-state index contributed by atoms with van der Waals surface area (Å²) < 4.78 is 9.27. The van der Waals surface area contributed by atoms with E-state index in [2.05, 4.69) is 11.7 Å². The molecule has 0 spiro atoms. The number of rotatable bonds is 17. The first-order valence-corrected chi connectivity index (χ1v) is 10.0. The van der Waals surface area contributed by atoms with Crippen molar-refractivity contribution < 1.29 is 14.3 Å². The van der Waals surface area contributed by atoms with E-state index < -0.39 is 6.16 Å². The van der Waals surface area contributed by atoms with Crippen molar-refractivity contribution >= 4 is 6.16 Å². The van der Waals surface area contributed by atoms with E-state index in [4.69, 9.17) is 4.74 Å². The molecule has 0 aromatic carbocycles. The number of methoxy groups -OCH3 is 1. The molecule has 0 saturated carbocycles. The van der Waals surface area contributed by atoms with Gasteiger partial charge in [-0.25, -0.2) is 4.79 Å². The van der Waals surface area contributed by atoms with Gasteiger partial charge in [0.2, 0.25) is 0 Å². The van der Waals surface area contributed by atoms with E-state index in [0.717, 1.165) is 12.8 Å². The van der Waals surface area contributed by atoms with Crippen LogP contribution >= 0.6 is 0 Å². The van der Waals surface area contributed by atoms with Crippen LogP contribution < -0.4 is 0 Å². The minimum absolute atomic E-state index is 0.491. The van der Waals surface area contributed by atoms with Crippen LogP contribution in [0.3, 0.4) is 0 Å². The fourth-order valence-electron chi connectivity index (χ4n) is 2.86. The van der Waals surface area contributed by atoms with Gasteiger partial charge in [-0.15, -0.1) is 0 Å². The second-order valence-corrected chi connectivity index (χ2v) is 6.61. The molecule has 0 unspecified atom stereocenters. The Bertz CT molecular complexity index is 241. The van der Waals surface area contributed by atoms with E-state index in [1.807, 2.05) is 0 Å². The van der Waals surface area contributed by atoms with Crippen molar-refractivity contribution in [3.63, 3.8) is 0 Å². The molecule has 0 amide bonds. The SMILES string of the molecule is CCCCCCCCCCCCCCCCCCOC(=O)OC. The van der Waals surface area contributed by atoms with E-state index in [1.54, 1.807) is 0 Å². The summed E-state index contributed by atoms with van der Waals surface area (Å²) in [6.07, 6.45) is 21.1. The van der Waals surface area contributed by atoms with Gasteiger partial charge in [0.25, 0.3) is 0 Å². The summed E-state index contributed by atoms with van der Waals surface area (Å²) in [4.78, 5) is 10.7. The lowest BCUT2D eigenvalue weighted by Gasteiger charge is -2.04. The van der Waals surface area contributed by atoms with Gasteiger partial charge in [0, 0.05) is 0 Å². The molecule has 0 saturated heterocycles. The standard InChI is InChI=1S/C20H40O3/c1-3-4-5-6-7-8-9-10-11-12-13-14-15-16-17-18-19-23-20(21)22-2/h3-19H2,1-2H3. The van der Waals surface area contributed by atoms with Crippen molar-refractivity contribution in [1.82, 2.24) is 0 Å². The monoisotopic (exact) mass is 328 g/mol. The fraction of sp³-hybridized carbons (Fsp3) is 0.950. The van der Waals surface area contributed by atoms with E-state index in [0.29, 0.717) is 6.61 Å². The van der Waals surface area contributed by atoms with E-state index in [1.165, 1.54) is 97.0 Å². The molecule has 138 valence electrons. The third-order valence-corrected chi connectivity index (χ3v) is 4.38. The van der Waals surface area contributed by atoms with Crippen LogP contribution in [0.5, 0.6) is 0 Å². The van der Waals surface area contributed by atoms with Gasteiger partial charge < -0.3 is 9.47 Å². The Morgan fingerprint density at radius 3 is 1.30 bits per heavy atom. The molecule has 0 aliphatic carbocycles. The van der Waals surface area contributed by atoms with Crippen LogP contribution in [0, 0.1) is 0 Å². The normalized spacial score (nSPS) is 10.7. The van der Waals surface area contributed by atoms with Crippen molar-refractivity contribution in [3.05, 3.63) is 0 Å². The molecule has 0 aromatic heterocycles. The number of hydrogen-bond donors (Lipinski definition) is 0. The zero-order chi connectivity index (χ0) is 17.0. The maximum atomic E-state index is 10.7. The third kappa shape index (κ3) is 19.2. The number of carbonyl (C=O) groups is 1. The Labute approximate surface area is 144 Å². The first-order chi connectivity index (χ1) is 11.3. The molecule has 0 rings (SSSR count). The molecule has 23 heavy (non-hydrogen) atoms. The highest BCUT2D eigenvalue weighted by atomic mass is 16.7. The topological polar surface area (TPSA) is 35.5 Å². The summed E-state index contributed by atoms with van der Waals surface area (Å²) in [5.41, 5.74) is 0. The van der Waals surface area contributed by atoms with Crippen LogP contribution in [0.1, 0.15) is 110 Å². The summed E-state index contributed by atoms with van der Waals surface area (Å²) in [6, 6.07) is 0. The zero-order valence-electron chi connectivity index (χ0n) is 15.7. The van der Waals surface area contributed by atoms with Gasteiger partial charge in [-0.1, -0.05) is 103 Å². The van der Waals surface area contributed by atoms with Crippen molar-refractivity contribution in [3.8, 4) is 0 Å². The number of hydrogen-bond acceptors (Lipinski definition) is 3. The number of carbonyl (C=O) groups excluding carboxylic acids is 1. The van der Waals surface area contributed by atoms with Gasteiger partial charge in [-0.2, -0.15) is 0 Å². The van der Waals surface area contributed by atoms with Crippen LogP contribution in [0.2, 0.25) is 0 Å². The van der Waals surface area contributed by atoms with Gasteiger partial charge in [-0.05, 0) is 6.42 Å². The second kappa shape index (κ2) is 19.3. The van der Waals surface area contributed by atoms with Crippen LogP contribution in [0.15, 0.2) is 0 Å². The van der Waals surface area contributed by atoms with Crippen LogP contribution in [0.4, 0.5) is 4.79 Å². The van der Waals surface area contributed by atoms with Gasteiger partial charge in [0.05, 0.1) is 13.7 Å². The van der Waals surface area contributed by atoms with Gasteiger partial charge in [0.15, 0.2) is 0 Å². The fourth-order valence-corrected chi connectivity index (χ4v) is 2.86. The number of ether oxygens (including phenoxy) is 2. The van der Waals surface area contributed by atoms with Crippen molar-refractivity contribution in [2.24, 2.45) is 0 Å². The summed E-state index contributed by atoms with van der Waals surface area (Å²) >= 11 is 0. The molecule has 0 atom stereocenters. The van der Waals surface area contributed by atoms with E-state index in [9.17, 15) is 4.79 Å². The molecular formula is C20H40O3. The largest absolute Gasteiger partial charge is 0.507 e. The summed E-state index contributed by atoms with van der Waals surface area (Å²) in [7, 11) is 1.34. The summed E-state index contributed by atoms with van der Waals surface area (Å²) in [5.74, 6) is 0. The summed E-state index contributed by atoms with van der Waals surface area (Å²) in [6.45, 7) is 2.77. The van der Waals surface area contributed by atoms with Gasteiger partial charge in [0.1, 0.15) is 0 Å². The zero-order valence-corrected chi connectivity index (χ0v) is 15.7. The maximum absolute atomic E-state index is 10.7. The Morgan fingerprint density at radius 1 is 0.609 bits per heavy atom. The highest BCUT2D eigenvalue weighted by Gasteiger charge is 1.99. The Hall–Kier alpha value is -0.730. The molecule has 0 aliphatic heterocycles. The summed E-state index contributed by atoms with van der Waals surface area (Å²) in [5, 5.41) is 0. The van der Waals surface area contributed by atoms with Crippen molar-refractivity contribution in [1.29, 1.82) is 0 Å². The Kier molecular flexibility index (Phi) is 18.7. The molecule has 0 aromatic rings. The first-order valence-electron chi connectivity index (χ1n) is 10.0. The highest BCUT2D eigenvalue weighted by Crippen LogP contribution is 2.13. The molecule has 0 N–H and O–H groups in total. The maximum Gasteiger partial charge on any atom is 0.507 e. The Morgan fingerprint density at radius 2 is 0.957 bits per heavy atom. The predicted octanol–water partition coefficient (Wildman–Crippen LogP) is 7.03. The van der Waals surface area contributed by atoms with E-state index >= 15 is 0 Å². The molecule has 0 aliphatic rings. The van der Waals surface area contributed by atoms with E-state index in [-0.39, 0.29) is 0 Å². The lowest BCUT2D eigenvalue weighted by Crippen LogP contribution is -2.05. The Balaban J connectivity index is 2.99. The van der Waals surface area contributed by atoms with Gasteiger partial charge in [-0.3, -0.25) is 0 Å². The average Bonchev–Trinajstić information content (AvgIpc) is 2.57. The van der Waals surface area contributed by atoms with Gasteiger partial charge >= 0.3 is 6.16 Å².